The van der Waals surface area contributed by atoms with Crippen LogP contribution in [-0.2, 0) is 21.1 Å². The van der Waals surface area contributed by atoms with Gasteiger partial charge in [0.1, 0.15) is 55.9 Å². The minimum Gasteiger partial charge on any atom is -0.203 e. The Morgan fingerprint density at radius 3 is 0.466 bits per heavy atom. The Morgan fingerprint density at radius 2 is 0.329 bits per heavy atom. The normalized spacial score (nSPS) is 10.8. The van der Waals surface area contributed by atoms with Gasteiger partial charge in [-0.2, -0.15) is 0 Å². The quantitative estimate of drug-likeness (QED) is 0.0489. The minimum atomic E-state index is -1.06. The van der Waals surface area contributed by atoms with E-state index >= 15 is 0 Å². The van der Waals surface area contributed by atoms with Crippen molar-refractivity contribution in [2.75, 3.05) is 24.8 Å². The van der Waals surface area contributed by atoms with Crippen molar-refractivity contribution in [3.05, 3.63) is 303 Å². The molecule has 10 aromatic rings. The molecule has 73 heavy (non-hydrogen) atoms. The fourth-order valence-corrected chi connectivity index (χ4v) is 25.3. The summed E-state index contributed by atoms with van der Waals surface area (Å²) < 4.78 is 0. The Hall–Kier alpha value is -5.58. The minimum absolute atomic E-state index is 0. The molecule has 0 amide bonds. The summed E-state index contributed by atoms with van der Waals surface area (Å²) in [6, 6.07) is 112. The number of benzene rings is 10. The second kappa shape index (κ2) is 30.6. The maximum Gasteiger partial charge on any atom is 0.174 e. The van der Waals surface area contributed by atoms with Gasteiger partial charge in [0.2, 0.25) is 0 Å². The molecule has 10 aromatic carbocycles. The van der Waals surface area contributed by atoms with Gasteiger partial charge >= 0.3 is 0 Å². The molecule has 0 fully saturated rings. The summed E-state index contributed by atoms with van der Waals surface area (Å²) in [5, 5.41) is 26.9. The van der Waals surface area contributed by atoms with Crippen LogP contribution in [0.4, 0.5) is 0 Å². The average molecular weight is 1130 g/mol. The van der Waals surface area contributed by atoms with Crippen LogP contribution in [-0.4, -0.2) is 29.7 Å². The van der Waals surface area contributed by atoms with Gasteiger partial charge < -0.3 is 0 Å². The van der Waals surface area contributed by atoms with Gasteiger partial charge in [0.15, 0.2) is 5.90 Å². The van der Waals surface area contributed by atoms with E-state index in [4.69, 9.17) is 10.8 Å². The monoisotopic (exact) mass is 1130 g/mol. The second-order valence-corrected chi connectivity index (χ2v) is 30.3. The van der Waals surface area contributed by atoms with Crippen LogP contribution in [0.2, 0.25) is 0 Å². The van der Waals surface area contributed by atoms with E-state index in [1.54, 1.807) is 0 Å². The van der Waals surface area contributed by atoms with Gasteiger partial charge in [0.25, 0.3) is 0 Å². The first-order valence-electron chi connectivity index (χ1n) is 24.5. The van der Waals surface area contributed by atoms with E-state index in [-0.39, 0.29) is 21.1 Å². The molecule has 0 heterocycles. The van der Waals surface area contributed by atoms with Gasteiger partial charge in [0.05, 0.1) is 55.6 Å². The van der Waals surface area contributed by atoms with Crippen LogP contribution >= 0.6 is 39.6 Å². The first-order valence-corrected chi connectivity index (χ1v) is 33.1. The molecule has 0 saturated heterocycles. The molecule has 0 unspecified atom stereocenters. The van der Waals surface area contributed by atoms with Crippen molar-refractivity contribution in [1.29, 1.82) is 10.8 Å². The summed E-state index contributed by atoms with van der Waals surface area (Å²) in [5.41, 5.74) is 0. The molecule has 0 bridgehead atoms. The third-order valence-electron chi connectivity index (χ3n) is 12.7. The Balaban J connectivity index is 0.000000224. The topological polar surface area (TPSA) is 50.8 Å². The fourth-order valence-electron chi connectivity index (χ4n) is 9.20. The maximum atomic E-state index is 6.00. The van der Waals surface area contributed by atoms with Crippen molar-refractivity contribution >= 4 is 92.7 Å². The molecule has 0 aromatic heterocycles. The van der Waals surface area contributed by atoms with E-state index in [0.717, 1.165) is 18.9 Å². The van der Waals surface area contributed by atoms with E-state index in [9.17, 15) is 0 Å². The van der Waals surface area contributed by atoms with Crippen LogP contribution in [0.1, 0.15) is 0 Å². The molecule has 0 radical (unpaired) electrons. The SMILES string of the molecule is N#N.[Mo].c1ccc([PH+](CN(C[PH+](c2ccccc2)c2ccccc2)C[PH+](c2ccccc2)c2ccccc2)c2ccccc2)cc1.c1ccc([PH+](C[PH+](c2ccccc2)c2ccccc2)c2ccccc2)cc1. The predicted octanol–water partition coefficient (Wildman–Crippen LogP) is 11.5. The van der Waals surface area contributed by atoms with Crippen LogP contribution in [0.3, 0.4) is 0 Å². The zero-order valence-electron chi connectivity index (χ0n) is 40.9. The van der Waals surface area contributed by atoms with Gasteiger partial charge in [-0.05, 0) is 121 Å². The molecule has 10 rings (SSSR count). The Labute approximate surface area is 454 Å². The predicted molar refractivity (Wildman–Crippen MR) is 327 cm³/mol. The van der Waals surface area contributed by atoms with Gasteiger partial charge in [-0.15, -0.1) is 0 Å². The van der Waals surface area contributed by atoms with Gasteiger partial charge in [-0.1, -0.05) is 182 Å². The van der Waals surface area contributed by atoms with E-state index in [2.05, 4.69) is 308 Å². The molecule has 0 aliphatic carbocycles. The first-order chi connectivity index (χ1) is 35.8. The van der Waals surface area contributed by atoms with Crippen molar-refractivity contribution in [3.8, 4) is 0 Å². The van der Waals surface area contributed by atoms with Crippen LogP contribution in [0, 0.1) is 10.8 Å². The molecule has 3 nitrogen and oxygen atoms in total. The number of hydrogen-bond acceptors (Lipinski definition) is 3. The third-order valence-corrected chi connectivity index (χ3v) is 28.1. The largest absolute Gasteiger partial charge is 0.203 e. The number of nitrogens with zero attached hydrogens (tertiary/aromatic N) is 3. The van der Waals surface area contributed by atoms with Crippen molar-refractivity contribution in [1.82, 2.24) is 4.90 Å². The Bertz CT molecular complexity index is 2570. The van der Waals surface area contributed by atoms with Crippen molar-refractivity contribution in [2.24, 2.45) is 0 Å². The standard InChI is InChI=1S/C39H36NP3.C25H22P2.Mo.N2/c1-7-19-34(20-8-1)41(35-21-9-2-10-22-35)31-40(32-42(36-23-11-3-12-24-36)37-25-13-4-14-26-37)33-43(38-27-15-5-16-28-38)39-29-17-6-18-30-39;1-5-13-22(14-6-1)26(23-15-7-2-8-16-23)21-27(24-17-9-3-10-18-24)25-19-11-4-12-20-25;;1-2/h1-30H,31-33H2;1-20H,21H2;;/p+5. The molecule has 0 spiro atoms. The van der Waals surface area contributed by atoms with Crippen molar-refractivity contribution in [3.63, 3.8) is 0 Å². The summed E-state index contributed by atoms with van der Waals surface area (Å²) in [5.74, 6) is 1.25. The fraction of sp³-hybridized carbons (Fsp3) is 0.0625. The van der Waals surface area contributed by atoms with Gasteiger partial charge in [-0.25, -0.2) is 4.90 Å². The summed E-state index contributed by atoms with van der Waals surface area (Å²) in [4.78, 5) is 2.86. The molecule has 0 saturated carbocycles. The average Bonchev–Trinajstić information content (AvgIpc) is 3.48. The van der Waals surface area contributed by atoms with Gasteiger partial charge in [-0.3, -0.25) is 0 Å². The second-order valence-electron chi connectivity index (χ2n) is 17.4. The smallest absolute Gasteiger partial charge is 0.174 e. The maximum absolute atomic E-state index is 6.00. The third kappa shape index (κ3) is 16.2. The summed E-state index contributed by atoms with van der Waals surface area (Å²) >= 11 is 0. The van der Waals surface area contributed by atoms with Crippen LogP contribution in [0.5, 0.6) is 0 Å². The zero-order valence-corrected chi connectivity index (χ0v) is 48.0. The Morgan fingerprint density at radius 1 is 0.205 bits per heavy atom. The molecule has 0 aliphatic heterocycles. The summed E-state index contributed by atoms with van der Waals surface area (Å²) in [6.45, 7) is 0. The van der Waals surface area contributed by atoms with E-state index in [1.165, 1.54) is 58.9 Å². The van der Waals surface area contributed by atoms with E-state index in [1.807, 2.05) is 0 Å². The van der Waals surface area contributed by atoms with Crippen molar-refractivity contribution in [2.45, 2.75) is 0 Å². The van der Waals surface area contributed by atoms with E-state index < -0.39 is 39.6 Å². The van der Waals surface area contributed by atoms with Gasteiger partial charge in [0, 0.05) is 31.9 Å². The van der Waals surface area contributed by atoms with Crippen LogP contribution in [0.25, 0.3) is 0 Å². The first kappa shape index (κ1) is 55.2. The van der Waals surface area contributed by atoms with Crippen LogP contribution in [0.15, 0.2) is 303 Å². The van der Waals surface area contributed by atoms with Crippen LogP contribution < -0.4 is 53.0 Å². The molecule has 0 aliphatic rings. The molecule has 360 valence electrons. The zero-order chi connectivity index (χ0) is 49.4. The Kier molecular flexibility index (Phi) is 23.1. The number of rotatable bonds is 18. The molecular formula is C64H63MoN3P5+5. The van der Waals surface area contributed by atoms with E-state index in [0.29, 0.717) is 0 Å². The molecule has 9 heteroatoms. The van der Waals surface area contributed by atoms with Crippen molar-refractivity contribution < 1.29 is 21.1 Å². The summed E-state index contributed by atoms with van der Waals surface area (Å²) in [6.07, 6.45) is 3.21. The number of hydrogen-bond donors (Lipinski definition) is 0. The molecule has 0 atom stereocenters. The molecule has 0 N–H and O–H groups in total. The molecular weight excluding hydrogens is 1060 g/mol. The summed E-state index contributed by atoms with van der Waals surface area (Å²) in [7, 11) is -4.86.